The van der Waals surface area contributed by atoms with Crippen LogP contribution in [-0.2, 0) is 0 Å². The molecule has 10 heavy (non-hydrogen) atoms. The molecule has 56 valence electrons. The minimum atomic E-state index is -0.108. The summed E-state index contributed by atoms with van der Waals surface area (Å²) < 4.78 is 0. The molecule has 1 unspecified atom stereocenters. The van der Waals surface area contributed by atoms with Gasteiger partial charge in [0.05, 0.1) is 0 Å². The van der Waals surface area contributed by atoms with E-state index in [1.165, 1.54) is 11.1 Å². The van der Waals surface area contributed by atoms with Crippen molar-refractivity contribution in [2.75, 3.05) is 0 Å². The Labute approximate surface area is 62.6 Å². The Bertz CT molecular complexity index is 197. The molecule has 0 aromatic rings. The molecular formula is C9H15N. The molecule has 1 atom stereocenters. The molecule has 0 aromatic carbocycles. The third-order valence-electron chi connectivity index (χ3n) is 2.03. The Morgan fingerprint density at radius 3 is 2.50 bits per heavy atom. The van der Waals surface area contributed by atoms with Crippen molar-refractivity contribution in [1.82, 2.24) is 0 Å². The van der Waals surface area contributed by atoms with Gasteiger partial charge in [0.25, 0.3) is 0 Å². The summed E-state index contributed by atoms with van der Waals surface area (Å²) in [7, 11) is 0. The van der Waals surface area contributed by atoms with Gasteiger partial charge in [-0.05, 0) is 27.2 Å². The maximum absolute atomic E-state index is 5.91. The highest BCUT2D eigenvalue weighted by Crippen LogP contribution is 2.23. The molecule has 1 aliphatic rings. The topological polar surface area (TPSA) is 26.0 Å². The van der Waals surface area contributed by atoms with Gasteiger partial charge in [0.15, 0.2) is 0 Å². The largest absolute Gasteiger partial charge is 0.322 e. The summed E-state index contributed by atoms with van der Waals surface area (Å²) in [6.45, 7) is 6.32. The van der Waals surface area contributed by atoms with Crippen LogP contribution >= 0.6 is 0 Å². The SMILES string of the molecule is CC1=C(C)CC(C)(N)C=C1. The van der Waals surface area contributed by atoms with E-state index in [1.807, 2.05) is 0 Å². The highest BCUT2D eigenvalue weighted by molar-refractivity contribution is 5.31. The highest BCUT2D eigenvalue weighted by atomic mass is 14.7. The summed E-state index contributed by atoms with van der Waals surface area (Å²) in [5.41, 5.74) is 8.58. The van der Waals surface area contributed by atoms with Crippen LogP contribution in [0.15, 0.2) is 23.3 Å². The van der Waals surface area contributed by atoms with Gasteiger partial charge in [-0.3, -0.25) is 0 Å². The molecule has 0 saturated carbocycles. The van der Waals surface area contributed by atoms with Gasteiger partial charge in [-0.25, -0.2) is 0 Å². The van der Waals surface area contributed by atoms with E-state index in [-0.39, 0.29) is 5.54 Å². The fraction of sp³-hybridized carbons (Fsp3) is 0.556. The second-order valence-corrected chi connectivity index (χ2v) is 3.48. The van der Waals surface area contributed by atoms with Crippen molar-refractivity contribution in [3.05, 3.63) is 23.3 Å². The lowest BCUT2D eigenvalue weighted by molar-refractivity contribution is 0.568. The average molecular weight is 137 g/mol. The van der Waals surface area contributed by atoms with E-state index in [0.717, 1.165) is 6.42 Å². The first-order valence-corrected chi connectivity index (χ1v) is 3.66. The molecule has 0 fully saturated rings. The predicted octanol–water partition coefficient (Wildman–Crippen LogP) is 2.00. The quantitative estimate of drug-likeness (QED) is 0.543. The maximum atomic E-state index is 5.91. The van der Waals surface area contributed by atoms with E-state index < -0.39 is 0 Å². The van der Waals surface area contributed by atoms with Crippen molar-refractivity contribution in [3.8, 4) is 0 Å². The first kappa shape index (κ1) is 7.55. The van der Waals surface area contributed by atoms with Crippen LogP contribution in [0, 0.1) is 0 Å². The standard InChI is InChI=1S/C9H15N/c1-7-4-5-9(3,10)6-8(7)2/h4-5H,6,10H2,1-3H3. The van der Waals surface area contributed by atoms with Crippen molar-refractivity contribution in [3.63, 3.8) is 0 Å². The average Bonchev–Trinajstić information content (AvgIpc) is 1.79. The van der Waals surface area contributed by atoms with Gasteiger partial charge in [0.1, 0.15) is 0 Å². The van der Waals surface area contributed by atoms with Gasteiger partial charge in [0, 0.05) is 5.54 Å². The molecule has 0 radical (unpaired) electrons. The van der Waals surface area contributed by atoms with Crippen molar-refractivity contribution in [1.29, 1.82) is 0 Å². The van der Waals surface area contributed by atoms with Gasteiger partial charge in [0.2, 0.25) is 0 Å². The van der Waals surface area contributed by atoms with Crippen LogP contribution < -0.4 is 5.73 Å². The molecular weight excluding hydrogens is 122 g/mol. The molecule has 0 aliphatic heterocycles. The van der Waals surface area contributed by atoms with Gasteiger partial charge in [-0.15, -0.1) is 0 Å². The van der Waals surface area contributed by atoms with E-state index in [9.17, 15) is 0 Å². The summed E-state index contributed by atoms with van der Waals surface area (Å²) >= 11 is 0. The molecule has 0 aromatic heterocycles. The second-order valence-electron chi connectivity index (χ2n) is 3.48. The van der Waals surface area contributed by atoms with Gasteiger partial charge >= 0.3 is 0 Å². The monoisotopic (exact) mass is 137 g/mol. The first-order valence-electron chi connectivity index (χ1n) is 3.66. The van der Waals surface area contributed by atoms with E-state index in [2.05, 4.69) is 32.9 Å². The van der Waals surface area contributed by atoms with Crippen molar-refractivity contribution >= 4 is 0 Å². The number of nitrogens with two attached hydrogens (primary N) is 1. The molecule has 1 nitrogen and oxygen atoms in total. The summed E-state index contributed by atoms with van der Waals surface area (Å²) in [5.74, 6) is 0. The molecule has 1 rings (SSSR count). The summed E-state index contributed by atoms with van der Waals surface area (Å²) in [5, 5.41) is 0. The molecule has 0 heterocycles. The number of hydrogen-bond donors (Lipinski definition) is 1. The van der Waals surface area contributed by atoms with Gasteiger partial charge in [-0.1, -0.05) is 23.3 Å². The first-order chi connectivity index (χ1) is 4.51. The van der Waals surface area contributed by atoms with Gasteiger partial charge in [-0.2, -0.15) is 0 Å². The number of hydrogen-bond acceptors (Lipinski definition) is 1. The van der Waals surface area contributed by atoms with Crippen LogP contribution in [0.1, 0.15) is 27.2 Å². The normalized spacial score (nSPS) is 33.2. The zero-order valence-corrected chi connectivity index (χ0v) is 6.94. The number of rotatable bonds is 0. The third-order valence-corrected chi connectivity index (χ3v) is 2.03. The lowest BCUT2D eigenvalue weighted by Crippen LogP contribution is -2.35. The van der Waals surface area contributed by atoms with Crippen molar-refractivity contribution < 1.29 is 0 Å². The highest BCUT2D eigenvalue weighted by Gasteiger charge is 2.18. The van der Waals surface area contributed by atoms with Gasteiger partial charge < -0.3 is 5.73 Å². The van der Waals surface area contributed by atoms with Crippen LogP contribution in [0.5, 0.6) is 0 Å². The number of allylic oxidation sites excluding steroid dienone is 2. The zero-order valence-electron chi connectivity index (χ0n) is 6.94. The third kappa shape index (κ3) is 1.48. The maximum Gasteiger partial charge on any atom is 0.0351 e. The summed E-state index contributed by atoms with van der Waals surface area (Å²) in [4.78, 5) is 0. The zero-order chi connectivity index (χ0) is 7.78. The van der Waals surface area contributed by atoms with E-state index in [4.69, 9.17) is 5.73 Å². The fourth-order valence-corrected chi connectivity index (χ4v) is 1.23. The summed E-state index contributed by atoms with van der Waals surface area (Å²) in [6, 6.07) is 0. The Balaban J connectivity index is 2.85. The lowest BCUT2D eigenvalue weighted by atomic mass is 9.87. The lowest BCUT2D eigenvalue weighted by Gasteiger charge is -2.25. The van der Waals surface area contributed by atoms with Crippen LogP contribution in [0.25, 0.3) is 0 Å². The molecule has 0 spiro atoms. The Morgan fingerprint density at radius 1 is 1.50 bits per heavy atom. The van der Waals surface area contributed by atoms with Crippen LogP contribution in [0.4, 0.5) is 0 Å². The molecule has 0 amide bonds. The van der Waals surface area contributed by atoms with E-state index in [1.54, 1.807) is 0 Å². The van der Waals surface area contributed by atoms with Crippen LogP contribution in [0.3, 0.4) is 0 Å². The summed E-state index contributed by atoms with van der Waals surface area (Å²) in [6.07, 6.45) is 5.18. The van der Waals surface area contributed by atoms with E-state index >= 15 is 0 Å². The van der Waals surface area contributed by atoms with Crippen molar-refractivity contribution in [2.24, 2.45) is 5.73 Å². The Hall–Kier alpha value is -0.560. The fourth-order valence-electron chi connectivity index (χ4n) is 1.23. The second kappa shape index (κ2) is 2.24. The minimum absolute atomic E-state index is 0.108. The van der Waals surface area contributed by atoms with E-state index in [0.29, 0.717) is 0 Å². The predicted molar refractivity (Wildman–Crippen MR) is 44.7 cm³/mol. The minimum Gasteiger partial charge on any atom is -0.322 e. The van der Waals surface area contributed by atoms with Crippen LogP contribution in [0.2, 0.25) is 0 Å². The molecule has 2 N–H and O–H groups in total. The Morgan fingerprint density at radius 2 is 2.10 bits per heavy atom. The van der Waals surface area contributed by atoms with Crippen molar-refractivity contribution in [2.45, 2.75) is 32.7 Å². The molecule has 0 saturated heterocycles. The molecule has 1 heteroatoms. The van der Waals surface area contributed by atoms with Crippen LogP contribution in [-0.4, -0.2) is 5.54 Å². The smallest absolute Gasteiger partial charge is 0.0351 e. The molecule has 0 bridgehead atoms. The molecule has 1 aliphatic carbocycles. The Kier molecular flexibility index (Phi) is 1.69.